The third-order valence-electron chi connectivity index (χ3n) is 2.99. The van der Waals surface area contributed by atoms with E-state index in [1.165, 1.54) is 11.8 Å². The van der Waals surface area contributed by atoms with Gasteiger partial charge in [0.2, 0.25) is 0 Å². The maximum Gasteiger partial charge on any atom is 0.259 e. The van der Waals surface area contributed by atoms with Crippen LogP contribution in [-0.4, -0.2) is 17.9 Å². The van der Waals surface area contributed by atoms with Gasteiger partial charge in [-0.05, 0) is 37.6 Å². The lowest BCUT2D eigenvalue weighted by atomic mass is 10.1. The highest BCUT2D eigenvalue weighted by Gasteiger charge is 2.15. The van der Waals surface area contributed by atoms with Gasteiger partial charge in [0.05, 0.1) is 5.56 Å². The van der Waals surface area contributed by atoms with E-state index < -0.39 is 0 Å². The van der Waals surface area contributed by atoms with Crippen molar-refractivity contribution in [1.29, 1.82) is 0 Å². The van der Waals surface area contributed by atoms with E-state index in [0.717, 1.165) is 11.3 Å². The number of pyridine rings is 1. The number of aromatic nitrogens is 1. The van der Waals surface area contributed by atoms with Crippen LogP contribution in [0.4, 0.5) is 5.69 Å². The summed E-state index contributed by atoms with van der Waals surface area (Å²) in [6, 6.07) is 9.29. The van der Waals surface area contributed by atoms with Gasteiger partial charge in [-0.25, -0.2) is 4.98 Å². The Labute approximate surface area is 117 Å². The Balaban J connectivity index is 2.30. The molecule has 0 saturated heterocycles. The lowest BCUT2D eigenvalue weighted by Gasteiger charge is -2.19. The Bertz CT molecular complexity index is 608. The largest absolute Gasteiger partial charge is 0.311 e. The second-order valence-corrected chi connectivity index (χ2v) is 4.91. The number of anilines is 1. The maximum absolute atomic E-state index is 12.3. The van der Waals surface area contributed by atoms with Crippen LogP contribution in [0, 0.1) is 13.8 Å². The first-order valence-electron chi connectivity index (χ1n) is 5.96. The predicted octanol–water partition coefficient (Wildman–Crippen LogP) is 3.63. The average molecular weight is 275 g/mol. The predicted molar refractivity (Wildman–Crippen MR) is 77.9 cm³/mol. The summed E-state index contributed by atoms with van der Waals surface area (Å²) in [4.78, 5) is 17.9. The second kappa shape index (κ2) is 5.41. The first kappa shape index (κ1) is 13.6. The van der Waals surface area contributed by atoms with Crippen LogP contribution in [0.25, 0.3) is 0 Å². The van der Waals surface area contributed by atoms with Crippen LogP contribution in [0.3, 0.4) is 0 Å². The molecular formula is C15H15ClN2O. The fourth-order valence-electron chi connectivity index (χ4n) is 1.99. The number of carbonyl (C=O) groups is 1. The number of amides is 1. The first-order chi connectivity index (χ1) is 8.99. The van der Waals surface area contributed by atoms with Crippen LogP contribution in [0.5, 0.6) is 0 Å². The van der Waals surface area contributed by atoms with Crippen molar-refractivity contribution in [2.45, 2.75) is 13.8 Å². The summed E-state index contributed by atoms with van der Waals surface area (Å²) in [5, 5.41) is 0.380. The molecule has 0 aliphatic carbocycles. The molecule has 4 heteroatoms. The Kier molecular flexibility index (Phi) is 3.86. The molecule has 1 heterocycles. The van der Waals surface area contributed by atoms with Crippen LogP contribution in [0.1, 0.15) is 21.5 Å². The van der Waals surface area contributed by atoms with Gasteiger partial charge < -0.3 is 4.90 Å². The van der Waals surface area contributed by atoms with E-state index in [1.807, 2.05) is 26.0 Å². The van der Waals surface area contributed by atoms with Gasteiger partial charge >= 0.3 is 0 Å². The van der Waals surface area contributed by atoms with Crippen molar-refractivity contribution in [3.05, 3.63) is 58.4 Å². The smallest absolute Gasteiger partial charge is 0.259 e. The standard InChI is InChI=1S/C15H15ClN2O/c1-10-4-6-13(11(2)8-10)18(3)15(19)12-5-7-14(16)17-9-12/h4-9H,1-3H3. The molecule has 0 atom stereocenters. The van der Waals surface area contributed by atoms with Crippen LogP contribution in [-0.2, 0) is 0 Å². The maximum atomic E-state index is 12.3. The minimum Gasteiger partial charge on any atom is -0.311 e. The summed E-state index contributed by atoms with van der Waals surface area (Å²) in [7, 11) is 1.76. The molecule has 0 radical (unpaired) electrons. The summed E-state index contributed by atoms with van der Waals surface area (Å²) in [5.74, 6) is -0.101. The number of hydrogen-bond donors (Lipinski definition) is 0. The Morgan fingerprint density at radius 1 is 1.21 bits per heavy atom. The summed E-state index contributed by atoms with van der Waals surface area (Å²) in [6.45, 7) is 4.02. The highest BCUT2D eigenvalue weighted by atomic mass is 35.5. The Morgan fingerprint density at radius 3 is 2.53 bits per heavy atom. The van der Waals surface area contributed by atoms with E-state index in [9.17, 15) is 4.79 Å². The first-order valence-corrected chi connectivity index (χ1v) is 6.33. The van der Waals surface area contributed by atoms with E-state index in [2.05, 4.69) is 11.1 Å². The molecular weight excluding hydrogens is 260 g/mol. The molecule has 0 saturated carbocycles. The van der Waals surface area contributed by atoms with E-state index in [-0.39, 0.29) is 5.91 Å². The molecule has 0 bridgehead atoms. The van der Waals surface area contributed by atoms with Gasteiger partial charge in [-0.3, -0.25) is 4.79 Å². The molecule has 1 aromatic heterocycles. The minimum atomic E-state index is -0.101. The van der Waals surface area contributed by atoms with Gasteiger partial charge in [0.15, 0.2) is 0 Å². The van der Waals surface area contributed by atoms with Crippen LogP contribution in [0.15, 0.2) is 36.5 Å². The van der Waals surface area contributed by atoms with E-state index in [1.54, 1.807) is 24.1 Å². The average Bonchev–Trinajstić information content (AvgIpc) is 2.38. The van der Waals surface area contributed by atoms with Crippen molar-refractivity contribution in [3.63, 3.8) is 0 Å². The summed E-state index contributed by atoms with van der Waals surface area (Å²) >= 11 is 5.72. The van der Waals surface area contributed by atoms with Crippen LogP contribution in [0.2, 0.25) is 5.15 Å². The van der Waals surface area contributed by atoms with Gasteiger partial charge in [0.1, 0.15) is 5.15 Å². The molecule has 2 rings (SSSR count). The quantitative estimate of drug-likeness (QED) is 0.784. The number of nitrogens with zero attached hydrogens (tertiary/aromatic N) is 2. The zero-order valence-corrected chi connectivity index (χ0v) is 11.9. The number of aryl methyl sites for hydroxylation is 2. The van der Waals surface area contributed by atoms with Crippen molar-refractivity contribution < 1.29 is 4.79 Å². The summed E-state index contributed by atoms with van der Waals surface area (Å²) in [5.41, 5.74) is 3.66. The highest BCUT2D eigenvalue weighted by molar-refractivity contribution is 6.29. The van der Waals surface area contributed by atoms with E-state index in [4.69, 9.17) is 11.6 Å². The zero-order valence-electron chi connectivity index (χ0n) is 11.1. The molecule has 0 fully saturated rings. The molecule has 0 aliphatic rings. The van der Waals surface area contributed by atoms with Gasteiger partial charge in [0.25, 0.3) is 5.91 Å². The molecule has 3 nitrogen and oxygen atoms in total. The van der Waals surface area contributed by atoms with Crippen molar-refractivity contribution in [2.75, 3.05) is 11.9 Å². The zero-order chi connectivity index (χ0) is 14.0. The number of rotatable bonds is 2. The molecule has 1 amide bonds. The molecule has 0 aliphatic heterocycles. The summed E-state index contributed by atoms with van der Waals surface area (Å²) < 4.78 is 0. The fourth-order valence-corrected chi connectivity index (χ4v) is 2.10. The van der Waals surface area contributed by atoms with Gasteiger partial charge in [0, 0.05) is 18.9 Å². The fraction of sp³-hybridized carbons (Fsp3) is 0.200. The molecule has 1 aromatic carbocycles. The van der Waals surface area contributed by atoms with Crippen molar-refractivity contribution >= 4 is 23.2 Å². The SMILES string of the molecule is Cc1ccc(N(C)C(=O)c2ccc(Cl)nc2)c(C)c1. The normalized spacial score (nSPS) is 10.3. The van der Waals surface area contributed by atoms with Crippen LogP contribution < -0.4 is 4.90 Å². The number of hydrogen-bond acceptors (Lipinski definition) is 2. The molecule has 0 unspecified atom stereocenters. The van der Waals surface area contributed by atoms with E-state index in [0.29, 0.717) is 10.7 Å². The molecule has 2 aromatic rings. The topological polar surface area (TPSA) is 33.2 Å². The third-order valence-corrected chi connectivity index (χ3v) is 3.22. The number of carbonyl (C=O) groups excluding carboxylic acids is 1. The lowest BCUT2D eigenvalue weighted by molar-refractivity contribution is 0.0992. The Hall–Kier alpha value is -1.87. The highest BCUT2D eigenvalue weighted by Crippen LogP contribution is 2.21. The second-order valence-electron chi connectivity index (χ2n) is 4.52. The van der Waals surface area contributed by atoms with Crippen molar-refractivity contribution in [1.82, 2.24) is 4.98 Å². The Morgan fingerprint density at radius 2 is 1.95 bits per heavy atom. The molecule has 0 N–H and O–H groups in total. The van der Waals surface area contributed by atoms with Gasteiger partial charge in [-0.2, -0.15) is 0 Å². The monoisotopic (exact) mass is 274 g/mol. The number of benzene rings is 1. The molecule has 19 heavy (non-hydrogen) atoms. The van der Waals surface area contributed by atoms with Gasteiger partial charge in [-0.1, -0.05) is 29.3 Å². The molecule has 98 valence electrons. The van der Waals surface area contributed by atoms with Gasteiger partial charge in [-0.15, -0.1) is 0 Å². The van der Waals surface area contributed by atoms with Crippen molar-refractivity contribution in [2.24, 2.45) is 0 Å². The minimum absolute atomic E-state index is 0.101. The molecule has 0 spiro atoms. The number of halogens is 1. The van der Waals surface area contributed by atoms with Crippen LogP contribution >= 0.6 is 11.6 Å². The lowest BCUT2D eigenvalue weighted by Crippen LogP contribution is -2.27. The third kappa shape index (κ3) is 2.93. The van der Waals surface area contributed by atoms with Crippen molar-refractivity contribution in [3.8, 4) is 0 Å². The van der Waals surface area contributed by atoms with E-state index >= 15 is 0 Å². The summed E-state index contributed by atoms with van der Waals surface area (Å²) in [6.07, 6.45) is 1.49.